The predicted octanol–water partition coefficient (Wildman–Crippen LogP) is 3.31. The molecule has 0 aliphatic carbocycles. The van der Waals surface area contributed by atoms with Crippen molar-refractivity contribution in [2.45, 2.75) is 57.9 Å². The number of hydrogen-bond donors (Lipinski definition) is 0. The van der Waals surface area contributed by atoms with Gasteiger partial charge in [0.2, 0.25) is 10.0 Å². The van der Waals surface area contributed by atoms with E-state index in [1.54, 1.807) is 26.5 Å². The zero-order valence-corrected chi connectivity index (χ0v) is 19.3. The Morgan fingerprint density at radius 3 is 2.53 bits per heavy atom. The van der Waals surface area contributed by atoms with Gasteiger partial charge in [-0.05, 0) is 46.6 Å². The van der Waals surface area contributed by atoms with Crippen LogP contribution in [0.3, 0.4) is 0 Å². The molecule has 1 saturated heterocycles. The monoisotopic (exact) mass is 446 g/mol. The van der Waals surface area contributed by atoms with E-state index in [1.165, 1.54) is 6.20 Å². The maximum atomic E-state index is 13.1. The van der Waals surface area contributed by atoms with Crippen LogP contribution in [0.25, 0.3) is 10.6 Å². The minimum absolute atomic E-state index is 0.260. The van der Waals surface area contributed by atoms with Gasteiger partial charge in [0.1, 0.15) is 10.7 Å². The molecule has 0 aromatic carbocycles. The summed E-state index contributed by atoms with van der Waals surface area (Å²) in [6, 6.07) is 1.91. The van der Waals surface area contributed by atoms with Crippen molar-refractivity contribution in [2.75, 3.05) is 13.1 Å². The lowest BCUT2D eigenvalue weighted by molar-refractivity contribution is 0.319. The molecule has 1 aliphatic heterocycles. The highest BCUT2D eigenvalue weighted by Crippen LogP contribution is 2.37. The van der Waals surface area contributed by atoms with Crippen molar-refractivity contribution in [3.63, 3.8) is 0 Å². The van der Waals surface area contributed by atoms with Crippen LogP contribution in [0, 0.1) is 20.8 Å². The lowest BCUT2D eigenvalue weighted by Gasteiger charge is -2.30. The Morgan fingerprint density at radius 2 is 1.90 bits per heavy atom. The molecule has 160 valence electrons. The van der Waals surface area contributed by atoms with Crippen LogP contribution in [0.15, 0.2) is 23.4 Å². The van der Waals surface area contributed by atoms with Crippen molar-refractivity contribution < 1.29 is 8.42 Å². The first-order valence-corrected chi connectivity index (χ1v) is 12.4. The molecule has 0 amide bonds. The fourth-order valence-electron chi connectivity index (χ4n) is 3.90. The fourth-order valence-corrected chi connectivity index (χ4v) is 6.73. The van der Waals surface area contributed by atoms with Crippen LogP contribution >= 0.6 is 11.3 Å². The van der Waals surface area contributed by atoms with Crippen LogP contribution in [0.4, 0.5) is 0 Å². The van der Waals surface area contributed by atoms with Gasteiger partial charge in [-0.15, -0.1) is 11.3 Å². The minimum atomic E-state index is -3.52. The van der Waals surface area contributed by atoms with Gasteiger partial charge in [0, 0.05) is 31.7 Å². The normalized spacial score (nSPS) is 16.3. The summed E-state index contributed by atoms with van der Waals surface area (Å²) < 4.78 is 29.5. The van der Waals surface area contributed by atoms with E-state index < -0.39 is 10.0 Å². The van der Waals surface area contributed by atoms with E-state index in [0.717, 1.165) is 39.9 Å². The van der Waals surface area contributed by atoms with Crippen molar-refractivity contribution in [1.82, 2.24) is 29.0 Å². The van der Waals surface area contributed by atoms with E-state index in [-0.39, 0.29) is 5.92 Å². The van der Waals surface area contributed by atoms with E-state index >= 15 is 0 Å². The van der Waals surface area contributed by atoms with Crippen molar-refractivity contribution >= 4 is 21.4 Å². The Labute approximate surface area is 181 Å². The van der Waals surface area contributed by atoms with Gasteiger partial charge in [-0.2, -0.15) is 9.40 Å². The molecule has 0 spiro atoms. The first-order valence-electron chi connectivity index (χ1n) is 10.1. The average molecular weight is 447 g/mol. The Hall–Kier alpha value is -2.17. The first kappa shape index (κ1) is 21.1. The molecule has 1 fully saturated rings. The summed E-state index contributed by atoms with van der Waals surface area (Å²) in [6.45, 7) is 9.28. The Kier molecular flexibility index (Phi) is 5.73. The van der Waals surface area contributed by atoms with Gasteiger partial charge < -0.3 is 0 Å². The van der Waals surface area contributed by atoms with Gasteiger partial charge in [-0.25, -0.2) is 23.4 Å². The van der Waals surface area contributed by atoms with Gasteiger partial charge >= 0.3 is 0 Å². The van der Waals surface area contributed by atoms with Gasteiger partial charge in [-0.3, -0.25) is 4.68 Å². The number of thiazole rings is 1. The molecular formula is C20H26N6O2S2. The maximum Gasteiger partial charge on any atom is 0.246 e. The highest BCUT2D eigenvalue weighted by molar-refractivity contribution is 7.89. The summed E-state index contributed by atoms with van der Waals surface area (Å²) in [6.07, 6.45) is 4.76. The summed E-state index contributed by atoms with van der Waals surface area (Å²) in [4.78, 5) is 14.9. The van der Waals surface area contributed by atoms with Crippen LogP contribution in [0.2, 0.25) is 0 Å². The molecule has 4 rings (SSSR count). The number of aromatic nitrogens is 5. The molecule has 1 aliphatic rings. The van der Waals surface area contributed by atoms with Crippen LogP contribution in [0.1, 0.15) is 47.9 Å². The highest BCUT2D eigenvalue weighted by Gasteiger charge is 2.33. The molecule has 0 saturated carbocycles. The maximum absolute atomic E-state index is 13.1. The predicted molar refractivity (Wildman–Crippen MR) is 116 cm³/mol. The number of sulfonamides is 1. The standard InChI is InChI=1S/C20H26N6O2S2/c1-5-26-14(3)18(12-22-26)30(27,28)25-10-7-16(8-11-25)20-23-13(2)19(29-20)17-6-9-21-15(4)24-17/h6,9,12,16H,5,7-8,10-11H2,1-4H3. The molecule has 0 atom stereocenters. The number of nitrogens with zero attached hydrogens (tertiary/aromatic N) is 6. The SMILES string of the molecule is CCn1ncc(S(=O)(=O)N2CCC(c3nc(C)c(-c4ccnc(C)n4)s3)CC2)c1C. The van der Waals surface area contributed by atoms with Gasteiger partial charge in [-0.1, -0.05) is 0 Å². The molecule has 4 heterocycles. The zero-order valence-electron chi connectivity index (χ0n) is 17.7. The molecule has 0 unspecified atom stereocenters. The lowest BCUT2D eigenvalue weighted by Crippen LogP contribution is -2.38. The Morgan fingerprint density at radius 1 is 1.17 bits per heavy atom. The topological polar surface area (TPSA) is 93.9 Å². The van der Waals surface area contributed by atoms with Crippen LogP contribution in [0.5, 0.6) is 0 Å². The van der Waals surface area contributed by atoms with E-state index in [2.05, 4.69) is 15.1 Å². The fraction of sp³-hybridized carbons (Fsp3) is 0.500. The number of piperidine rings is 1. The van der Waals surface area contributed by atoms with E-state index in [4.69, 9.17) is 4.98 Å². The van der Waals surface area contributed by atoms with Crippen LogP contribution in [-0.2, 0) is 16.6 Å². The van der Waals surface area contributed by atoms with Gasteiger partial charge in [0.15, 0.2) is 0 Å². The molecule has 8 nitrogen and oxygen atoms in total. The first-order chi connectivity index (χ1) is 14.3. The summed E-state index contributed by atoms with van der Waals surface area (Å²) in [7, 11) is -3.52. The quantitative estimate of drug-likeness (QED) is 0.597. The van der Waals surface area contributed by atoms with Crippen molar-refractivity contribution in [2.24, 2.45) is 0 Å². The van der Waals surface area contributed by atoms with E-state index in [9.17, 15) is 8.42 Å². The molecular weight excluding hydrogens is 420 g/mol. The lowest BCUT2D eigenvalue weighted by atomic mass is 9.99. The summed E-state index contributed by atoms with van der Waals surface area (Å²) >= 11 is 1.66. The number of aryl methyl sites for hydroxylation is 3. The molecule has 3 aromatic heterocycles. The average Bonchev–Trinajstić information content (AvgIpc) is 3.31. The third kappa shape index (κ3) is 3.79. The molecule has 3 aromatic rings. The van der Waals surface area contributed by atoms with Crippen LogP contribution < -0.4 is 0 Å². The Balaban J connectivity index is 1.50. The zero-order chi connectivity index (χ0) is 21.5. The largest absolute Gasteiger partial charge is 0.269 e. The van der Waals surface area contributed by atoms with Crippen molar-refractivity contribution in [1.29, 1.82) is 0 Å². The second kappa shape index (κ2) is 8.16. The summed E-state index contributed by atoms with van der Waals surface area (Å²) in [5.41, 5.74) is 2.55. The number of rotatable bonds is 5. The van der Waals surface area contributed by atoms with Crippen molar-refractivity contribution in [3.05, 3.63) is 40.7 Å². The van der Waals surface area contributed by atoms with E-state index in [0.29, 0.717) is 30.2 Å². The molecule has 0 bridgehead atoms. The smallest absolute Gasteiger partial charge is 0.246 e. The van der Waals surface area contributed by atoms with E-state index in [1.807, 2.05) is 33.8 Å². The minimum Gasteiger partial charge on any atom is -0.269 e. The number of hydrogen-bond acceptors (Lipinski definition) is 7. The van der Waals surface area contributed by atoms with Gasteiger partial charge in [0.25, 0.3) is 0 Å². The molecule has 30 heavy (non-hydrogen) atoms. The molecule has 10 heteroatoms. The molecule has 0 radical (unpaired) electrons. The molecule has 0 N–H and O–H groups in total. The third-order valence-corrected chi connectivity index (χ3v) is 8.94. The highest BCUT2D eigenvalue weighted by atomic mass is 32.2. The summed E-state index contributed by atoms with van der Waals surface area (Å²) in [5.74, 6) is 0.998. The summed E-state index contributed by atoms with van der Waals surface area (Å²) in [5, 5.41) is 5.26. The second-order valence-corrected chi connectivity index (χ2v) is 10.5. The third-order valence-electron chi connectivity index (χ3n) is 5.60. The Bertz CT molecular complexity index is 1160. The second-order valence-electron chi connectivity index (χ2n) is 7.54. The van der Waals surface area contributed by atoms with Crippen LogP contribution in [-0.4, -0.2) is 50.5 Å². The van der Waals surface area contributed by atoms with Gasteiger partial charge in [0.05, 0.1) is 33.2 Å². The van der Waals surface area contributed by atoms with Crippen molar-refractivity contribution in [3.8, 4) is 10.6 Å².